The molecule has 0 bridgehead atoms. The SMILES string of the molecule is Cc1ccc(CN(C)C(C)C(=O)c2ccc(F)cc2F)o1. The van der Waals surface area contributed by atoms with Crippen molar-refractivity contribution in [3.63, 3.8) is 0 Å². The van der Waals surface area contributed by atoms with E-state index in [-0.39, 0.29) is 5.56 Å². The van der Waals surface area contributed by atoms with Gasteiger partial charge in [0.2, 0.25) is 0 Å². The van der Waals surface area contributed by atoms with Crippen LogP contribution in [-0.4, -0.2) is 23.8 Å². The number of carbonyl (C=O) groups is 1. The fourth-order valence-electron chi connectivity index (χ4n) is 2.07. The Morgan fingerprint density at radius 1 is 1.29 bits per heavy atom. The highest BCUT2D eigenvalue weighted by Gasteiger charge is 2.23. The van der Waals surface area contributed by atoms with Crippen molar-refractivity contribution in [1.82, 2.24) is 4.90 Å². The van der Waals surface area contributed by atoms with Crippen LogP contribution in [0.1, 0.15) is 28.8 Å². The molecule has 21 heavy (non-hydrogen) atoms. The van der Waals surface area contributed by atoms with Crippen molar-refractivity contribution in [2.45, 2.75) is 26.4 Å². The highest BCUT2D eigenvalue weighted by atomic mass is 19.1. The quantitative estimate of drug-likeness (QED) is 0.790. The van der Waals surface area contributed by atoms with Gasteiger partial charge in [-0.3, -0.25) is 9.69 Å². The van der Waals surface area contributed by atoms with Gasteiger partial charge in [-0.05, 0) is 45.2 Å². The first-order valence-corrected chi connectivity index (χ1v) is 6.63. The minimum Gasteiger partial charge on any atom is -0.465 e. The van der Waals surface area contributed by atoms with E-state index >= 15 is 0 Å². The van der Waals surface area contributed by atoms with E-state index in [0.717, 1.165) is 23.7 Å². The van der Waals surface area contributed by atoms with Gasteiger partial charge in [-0.1, -0.05) is 0 Å². The van der Waals surface area contributed by atoms with Crippen LogP contribution in [0.15, 0.2) is 34.7 Å². The van der Waals surface area contributed by atoms with Gasteiger partial charge in [-0.15, -0.1) is 0 Å². The van der Waals surface area contributed by atoms with E-state index in [0.29, 0.717) is 6.54 Å². The third kappa shape index (κ3) is 3.55. The lowest BCUT2D eigenvalue weighted by Crippen LogP contribution is -2.35. The predicted molar refractivity (Wildman–Crippen MR) is 75.1 cm³/mol. The molecule has 5 heteroatoms. The largest absolute Gasteiger partial charge is 0.465 e. The van der Waals surface area contributed by atoms with Crippen LogP contribution in [0.4, 0.5) is 8.78 Å². The molecule has 0 fully saturated rings. The normalized spacial score (nSPS) is 12.7. The first-order chi connectivity index (χ1) is 9.88. The van der Waals surface area contributed by atoms with Crippen molar-refractivity contribution in [2.75, 3.05) is 7.05 Å². The number of furan rings is 1. The molecule has 1 atom stereocenters. The molecule has 0 saturated carbocycles. The Morgan fingerprint density at radius 3 is 2.57 bits per heavy atom. The molecule has 1 aromatic carbocycles. The van der Waals surface area contributed by atoms with Crippen molar-refractivity contribution in [3.05, 3.63) is 59.1 Å². The summed E-state index contributed by atoms with van der Waals surface area (Å²) >= 11 is 0. The molecule has 0 aliphatic heterocycles. The molecule has 1 aromatic heterocycles. The minimum absolute atomic E-state index is 0.105. The lowest BCUT2D eigenvalue weighted by atomic mass is 10.0. The molecule has 0 amide bonds. The Hall–Kier alpha value is -2.01. The zero-order valence-electron chi connectivity index (χ0n) is 12.2. The summed E-state index contributed by atoms with van der Waals surface area (Å²) in [5, 5.41) is 0. The smallest absolute Gasteiger partial charge is 0.182 e. The third-order valence-electron chi connectivity index (χ3n) is 3.44. The number of rotatable bonds is 5. The predicted octanol–water partition coefficient (Wildman–Crippen LogP) is 3.57. The van der Waals surface area contributed by atoms with Gasteiger partial charge < -0.3 is 4.42 Å². The highest BCUT2D eigenvalue weighted by Crippen LogP contribution is 2.16. The second-order valence-corrected chi connectivity index (χ2v) is 5.09. The molecule has 2 aromatic rings. The Balaban J connectivity index is 2.11. The molecule has 1 unspecified atom stereocenters. The second-order valence-electron chi connectivity index (χ2n) is 5.09. The lowest BCUT2D eigenvalue weighted by molar-refractivity contribution is 0.0851. The third-order valence-corrected chi connectivity index (χ3v) is 3.44. The van der Waals surface area contributed by atoms with Crippen molar-refractivity contribution < 1.29 is 18.0 Å². The number of ketones is 1. The van der Waals surface area contributed by atoms with E-state index in [2.05, 4.69) is 0 Å². The number of halogens is 2. The molecule has 3 nitrogen and oxygen atoms in total. The molecular formula is C16H17F2NO2. The average Bonchev–Trinajstić information content (AvgIpc) is 2.82. The number of hydrogen-bond donors (Lipinski definition) is 0. The number of benzene rings is 1. The average molecular weight is 293 g/mol. The number of likely N-dealkylation sites (N-methyl/N-ethyl adjacent to an activating group) is 1. The number of nitrogens with zero attached hydrogens (tertiary/aromatic N) is 1. The summed E-state index contributed by atoms with van der Waals surface area (Å²) in [6.45, 7) is 3.95. The fourth-order valence-corrected chi connectivity index (χ4v) is 2.07. The number of hydrogen-bond acceptors (Lipinski definition) is 3. The van der Waals surface area contributed by atoms with Gasteiger partial charge in [-0.2, -0.15) is 0 Å². The number of aryl methyl sites for hydroxylation is 1. The zero-order chi connectivity index (χ0) is 15.6. The summed E-state index contributed by atoms with van der Waals surface area (Å²) < 4.78 is 32.0. The van der Waals surface area contributed by atoms with Gasteiger partial charge in [0.25, 0.3) is 0 Å². The molecule has 0 radical (unpaired) electrons. The number of carbonyl (C=O) groups excluding carboxylic acids is 1. The Labute approximate surface area is 122 Å². The van der Waals surface area contributed by atoms with Gasteiger partial charge >= 0.3 is 0 Å². The van der Waals surface area contributed by atoms with E-state index in [9.17, 15) is 13.6 Å². The maximum atomic E-state index is 13.7. The highest BCUT2D eigenvalue weighted by molar-refractivity contribution is 6.00. The molecule has 0 spiro atoms. The molecule has 0 saturated heterocycles. The summed E-state index contributed by atoms with van der Waals surface area (Å²) in [4.78, 5) is 14.0. The van der Waals surface area contributed by atoms with Crippen molar-refractivity contribution in [2.24, 2.45) is 0 Å². The monoisotopic (exact) mass is 293 g/mol. The van der Waals surface area contributed by atoms with E-state index in [4.69, 9.17) is 4.42 Å². The maximum Gasteiger partial charge on any atom is 0.182 e. The van der Waals surface area contributed by atoms with E-state index in [1.54, 1.807) is 18.9 Å². The van der Waals surface area contributed by atoms with Crippen LogP contribution in [0.25, 0.3) is 0 Å². The molecule has 112 valence electrons. The molecule has 1 heterocycles. The van der Waals surface area contributed by atoms with Crippen LogP contribution in [-0.2, 0) is 6.54 Å². The maximum absolute atomic E-state index is 13.7. The Bertz CT molecular complexity index is 651. The van der Waals surface area contributed by atoms with Gasteiger partial charge in [-0.25, -0.2) is 8.78 Å². The first-order valence-electron chi connectivity index (χ1n) is 6.63. The van der Waals surface area contributed by atoms with Gasteiger partial charge in [0.05, 0.1) is 18.2 Å². The van der Waals surface area contributed by atoms with Crippen LogP contribution < -0.4 is 0 Å². The molecule has 0 aliphatic carbocycles. The van der Waals surface area contributed by atoms with Crippen molar-refractivity contribution >= 4 is 5.78 Å². The second kappa shape index (κ2) is 6.18. The van der Waals surface area contributed by atoms with E-state index in [1.807, 2.05) is 19.1 Å². The van der Waals surface area contributed by atoms with Crippen LogP contribution >= 0.6 is 0 Å². The molecule has 2 rings (SSSR count). The summed E-state index contributed by atoms with van der Waals surface area (Å²) in [7, 11) is 1.75. The van der Waals surface area contributed by atoms with Gasteiger partial charge in [0.15, 0.2) is 5.78 Å². The van der Waals surface area contributed by atoms with E-state index in [1.165, 1.54) is 6.07 Å². The van der Waals surface area contributed by atoms with Gasteiger partial charge in [0.1, 0.15) is 23.2 Å². The minimum atomic E-state index is -0.839. The molecular weight excluding hydrogens is 276 g/mol. The Kier molecular flexibility index (Phi) is 4.53. The standard InChI is InChI=1S/C16H17F2NO2/c1-10-4-6-13(21-10)9-19(3)11(2)16(20)14-7-5-12(17)8-15(14)18/h4-8,11H,9H2,1-3H3. The van der Waals surface area contributed by atoms with Crippen LogP contribution in [0.5, 0.6) is 0 Å². The molecule has 0 aliphatic rings. The van der Waals surface area contributed by atoms with Gasteiger partial charge in [0, 0.05) is 6.07 Å². The molecule has 0 N–H and O–H groups in total. The van der Waals surface area contributed by atoms with Crippen molar-refractivity contribution in [1.29, 1.82) is 0 Å². The first kappa shape index (κ1) is 15.4. The number of Topliss-reactive ketones (excluding diaryl/α,β-unsaturated/α-hetero) is 1. The topological polar surface area (TPSA) is 33.5 Å². The van der Waals surface area contributed by atoms with Crippen LogP contribution in [0.2, 0.25) is 0 Å². The summed E-state index contributed by atoms with van der Waals surface area (Å²) in [6.07, 6.45) is 0. The lowest BCUT2D eigenvalue weighted by Gasteiger charge is -2.22. The Morgan fingerprint density at radius 2 is 2.00 bits per heavy atom. The summed E-state index contributed by atoms with van der Waals surface area (Å²) in [5.41, 5.74) is -0.105. The zero-order valence-corrected chi connectivity index (χ0v) is 12.2. The summed E-state index contributed by atoms with van der Waals surface area (Å²) in [5.74, 6) is -0.403. The fraction of sp³-hybridized carbons (Fsp3) is 0.312. The summed E-state index contributed by atoms with van der Waals surface area (Å²) in [6, 6.07) is 6.11. The van der Waals surface area contributed by atoms with E-state index < -0.39 is 23.5 Å². The van der Waals surface area contributed by atoms with Crippen molar-refractivity contribution in [3.8, 4) is 0 Å². The van der Waals surface area contributed by atoms with Crippen LogP contribution in [0, 0.1) is 18.6 Å². The van der Waals surface area contributed by atoms with Crippen LogP contribution in [0.3, 0.4) is 0 Å².